The molecule has 1 heterocycles. The SMILES string of the molecule is CCOc1ccc(NC(=O)C(C)(C)N)cn1. The van der Waals surface area contributed by atoms with E-state index >= 15 is 0 Å². The highest BCUT2D eigenvalue weighted by atomic mass is 16.5. The maximum absolute atomic E-state index is 11.5. The van der Waals surface area contributed by atoms with E-state index in [1.54, 1.807) is 26.0 Å². The van der Waals surface area contributed by atoms with Crippen molar-refractivity contribution in [3.8, 4) is 5.88 Å². The lowest BCUT2D eigenvalue weighted by Gasteiger charge is -2.17. The molecular formula is C11H17N3O2. The van der Waals surface area contributed by atoms with Crippen molar-refractivity contribution in [2.24, 2.45) is 5.73 Å². The summed E-state index contributed by atoms with van der Waals surface area (Å²) >= 11 is 0. The minimum Gasteiger partial charge on any atom is -0.478 e. The first-order valence-electron chi connectivity index (χ1n) is 5.12. The first kappa shape index (κ1) is 12.4. The zero-order valence-electron chi connectivity index (χ0n) is 9.78. The Balaban J connectivity index is 2.65. The third-order valence-electron chi connectivity index (χ3n) is 1.87. The van der Waals surface area contributed by atoms with Crippen LogP contribution in [0.5, 0.6) is 5.88 Å². The van der Waals surface area contributed by atoms with Gasteiger partial charge in [-0.1, -0.05) is 0 Å². The Hall–Kier alpha value is -1.62. The van der Waals surface area contributed by atoms with Gasteiger partial charge in [0.25, 0.3) is 0 Å². The van der Waals surface area contributed by atoms with Crippen LogP contribution < -0.4 is 15.8 Å². The first-order chi connectivity index (χ1) is 7.43. The second-order valence-electron chi connectivity index (χ2n) is 3.99. The molecule has 1 aromatic rings. The minimum atomic E-state index is -0.904. The normalized spacial score (nSPS) is 11.0. The molecule has 0 aromatic carbocycles. The summed E-state index contributed by atoms with van der Waals surface area (Å²) in [5.41, 5.74) is 5.35. The number of nitrogens with one attached hydrogen (secondary N) is 1. The second-order valence-corrected chi connectivity index (χ2v) is 3.99. The van der Waals surface area contributed by atoms with Crippen molar-refractivity contribution in [3.05, 3.63) is 18.3 Å². The third-order valence-corrected chi connectivity index (χ3v) is 1.87. The van der Waals surface area contributed by atoms with E-state index < -0.39 is 5.54 Å². The molecule has 0 aliphatic rings. The number of nitrogens with two attached hydrogens (primary N) is 1. The van der Waals surface area contributed by atoms with Crippen molar-refractivity contribution in [2.75, 3.05) is 11.9 Å². The monoisotopic (exact) mass is 223 g/mol. The van der Waals surface area contributed by atoms with Gasteiger partial charge in [-0.2, -0.15) is 0 Å². The molecule has 0 unspecified atom stereocenters. The number of rotatable bonds is 4. The number of carbonyl (C=O) groups excluding carboxylic acids is 1. The Morgan fingerprint density at radius 2 is 2.25 bits per heavy atom. The van der Waals surface area contributed by atoms with Crippen LogP contribution in [0.15, 0.2) is 18.3 Å². The van der Waals surface area contributed by atoms with E-state index in [1.807, 2.05) is 6.92 Å². The van der Waals surface area contributed by atoms with E-state index in [0.717, 1.165) is 0 Å². The molecule has 0 fully saturated rings. The standard InChI is InChI=1S/C11H17N3O2/c1-4-16-9-6-5-8(7-13-9)14-10(15)11(2,3)12/h5-7H,4,12H2,1-3H3,(H,14,15). The topological polar surface area (TPSA) is 77.2 Å². The van der Waals surface area contributed by atoms with Crippen LogP contribution in [-0.4, -0.2) is 23.0 Å². The summed E-state index contributed by atoms with van der Waals surface area (Å²) in [6.45, 7) is 5.73. The van der Waals surface area contributed by atoms with E-state index in [4.69, 9.17) is 10.5 Å². The fourth-order valence-electron chi connectivity index (χ4n) is 0.980. The number of anilines is 1. The highest BCUT2D eigenvalue weighted by Gasteiger charge is 2.21. The van der Waals surface area contributed by atoms with Gasteiger partial charge in [-0.05, 0) is 26.8 Å². The molecule has 16 heavy (non-hydrogen) atoms. The number of hydrogen-bond acceptors (Lipinski definition) is 4. The molecule has 0 radical (unpaired) electrons. The van der Waals surface area contributed by atoms with Gasteiger partial charge in [-0.25, -0.2) is 4.98 Å². The molecule has 5 heteroatoms. The van der Waals surface area contributed by atoms with Gasteiger partial charge in [0.1, 0.15) is 0 Å². The van der Waals surface area contributed by atoms with Crippen LogP contribution in [0.1, 0.15) is 20.8 Å². The lowest BCUT2D eigenvalue weighted by atomic mass is 10.1. The summed E-state index contributed by atoms with van der Waals surface area (Å²) in [6, 6.07) is 3.42. The lowest BCUT2D eigenvalue weighted by Crippen LogP contribution is -2.45. The molecule has 0 saturated heterocycles. The third kappa shape index (κ3) is 3.51. The fourth-order valence-corrected chi connectivity index (χ4v) is 0.980. The van der Waals surface area contributed by atoms with Crippen molar-refractivity contribution in [1.29, 1.82) is 0 Å². The van der Waals surface area contributed by atoms with Gasteiger partial charge in [0, 0.05) is 6.07 Å². The number of aromatic nitrogens is 1. The highest BCUT2D eigenvalue weighted by molar-refractivity contribution is 5.97. The van der Waals surface area contributed by atoms with Crippen LogP contribution >= 0.6 is 0 Å². The molecule has 0 aliphatic heterocycles. The van der Waals surface area contributed by atoms with Crippen molar-refractivity contribution in [1.82, 2.24) is 4.98 Å². The number of pyridine rings is 1. The molecule has 1 aromatic heterocycles. The molecule has 0 aliphatic carbocycles. The molecule has 0 spiro atoms. The molecule has 0 atom stereocenters. The molecule has 0 saturated carbocycles. The zero-order chi connectivity index (χ0) is 12.2. The summed E-state index contributed by atoms with van der Waals surface area (Å²) in [7, 11) is 0. The summed E-state index contributed by atoms with van der Waals surface area (Å²) in [5.74, 6) is 0.283. The largest absolute Gasteiger partial charge is 0.478 e. The summed E-state index contributed by atoms with van der Waals surface area (Å²) in [4.78, 5) is 15.6. The van der Waals surface area contributed by atoms with E-state index in [-0.39, 0.29) is 5.91 Å². The lowest BCUT2D eigenvalue weighted by molar-refractivity contribution is -0.120. The van der Waals surface area contributed by atoms with Gasteiger partial charge in [-0.15, -0.1) is 0 Å². The number of ether oxygens (including phenoxy) is 1. The number of carbonyl (C=O) groups is 1. The predicted molar refractivity (Wildman–Crippen MR) is 62.3 cm³/mol. The Labute approximate surface area is 95.0 Å². The van der Waals surface area contributed by atoms with E-state index in [0.29, 0.717) is 18.2 Å². The number of hydrogen-bond donors (Lipinski definition) is 2. The van der Waals surface area contributed by atoms with Crippen molar-refractivity contribution < 1.29 is 9.53 Å². The van der Waals surface area contributed by atoms with Gasteiger partial charge in [-0.3, -0.25) is 4.79 Å². The van der Waals surface area contributed by atoms with Gasteiger partial charge in [0.2, 0.25) is 11.8 Å². The van der Waals surface area contributed by atoms with Crippen LogP contribution in [0.4, 0.5) is 5.69 Å². The molecule has 1 rings (SSSR count). The minimum absolute atomic E-state index is 0.251. The van der Waals surface area contributed by atoms with E-state index in [1.165, 1.54) is 6.20 Å². The Morgan fingerprint density at radius 3 is 2.69 bits per heavy atom. The molecular weight excluding hydrogens is 206 g/mol. The predicted octanol–water partition coefficient (Wildman–Crippen LogP) is 1.16. The zero-order valence-corrected chi connectivity index (χ0v) is 9.78. The smallest absolute Gasteiger partial charge is 0.243 e. The maximum Gasteiger partial charge on any atom is 0.243 e. The van der Waals surface area contributed by atoms with Crippen molar-refractivity contribution >= 4 is 11.6 Å². The van der Waals surface area contributed by atoms with Crippen LogP contribution in [0, 0.1) is 0 Å². The maximum atomic E-state index is 11.5. The average Bonchev–Trinajstić information content (AvgIpc) is 2.20. The highest BCUT2D eigenvalue weighted by Crippen LogP contribution is 2.12. The summed E-state index contributed by atoms with van der Waals surface area (Å²) < 4.78 is 5.18. The van der Waals surface area contributed by atoms with Crippen molar-refractivity contribution in [2.45, 2.75) is 26.3 Å². The van der Waals surface area contributed by atoms with Gasteiger partial charge >= 0.3 is 0 Å². The number of amides is 1. The van der Waals surface area contributed by atoms with Gasteiger partial charge < -0.3 is 15.8 Å². The van der Waals surface area contributed by atoms with Crippen LogP contribution in [-0.2, 0) is 4.79 Å². The van der Waals surface area contributed by atoms with Crippen LogP contribution in [0.25, 0.3) is 0 Å². The van der Waals surface area contributed by atoms with Crippen molar-refractivity contribution in [3.63, 3.8) is 0 Å². The molecule has 5 nitrogen and oxygen atoms in total. The summed E-state index contributed by atoms with van der Waals surface area (Å²) in [6.07, 6.45) is 1.54. The van der Waals surface area contributed by atoms with E-state index in [2.05, 4.69) is 10.3 Å². The first-order valence-corrected chi connectivity index (χ1v) is 5.12. The Bertz CT molecular complexity index is 354. The molecule has 0 bridgehead atoms. The fraction of sp³-hybridized carbons (Fsp3) is 0.455. The second kappa shape index (κ2) is 4.94. The van der Waals surface area contributed by atoms with Crippen LogP contribution in [0.2, 0.25) is 0 Å². The average molecular weight is 223 g/mol. The quantitative estimate of drug-likeness (QED) is 0.802. The molecule has 3 N–H and O–H groups in total. The van der Waals surface area contributed by atoms with Crippen LogP contribution in [0.3, 0.4) is 0 Å². The number of nitrogens with zero attached hydrogens (tertiary/aromatic N) is 1. The summed E-state index contributed by atoms with van der Waals surface area (Å²) in [5, 5.41) is 2.67. The Morgan fingerprint density at radius 1 is 1.56 bits per heavy atom. The Kier molecular flexibility index (Phi) is 3.84. The van der Waals surface area contributed by atoms with Gasteiger partial charge in [0.05, 0.1) is 24.0 Å². The van der Waals surface area contributed by atoms with Gasteiger partial charge in [0.15, 0.2) is 0 Å². The molecule has 88 valence electrons. The van der Waals surface area contributed by atoms with E-state index in [9.17, 15) is 4.79 Å². The molecule has 1 amide bonds.